The fourth-order valence-electron chi connectivity index (χ4n) is 2.71. The maximum absolute atomic E-state index is 13.8. The molecular weight excluding hydrogens is 396 g/mol. The standard InChI is InChI=1S/C18H17F2NO6S/c19-13-3-6-16(15(20)11-13)27-17(18(22)23)12-1-4-14(5-2-12)28(24,25)21-7-9-26-10-8-21/h1-6,11,17H,7-10H2,(H,22,23). The summed E-state index contributed by atoms with van der Waals surface area (Å²) in [6.07, 6.45) is -1.60. The number of benzene rings is 2. The highest BCUT2D eigenvalue weighted by Crippen LogP contribution is 2.27. The molecule has 0 radical (unpaired) electrons. The van der Waals surface area contributed by atoms with Gasteiger partial charge in [-0.05, 0) is 24.3 Å². The van der Waals surface area contributed by atoms with Gasteiger partial charge < -0.3 is 14.6 Å². The van der Waals surface area contributed by atoms with Crippen molar-refractivity contribution < 1.29 is 36.6 Å². The number of aliphatic carboxylic acids is 1. The maximum Gasteiger partial charge on any atom is 0.349 e. The largest absolute Gasteiger partial charge is 0.478 e. The number of carbonyl (C=O) groups is 1. The van der Waals surface area contributed by atoms with Gasteiger partial charge in [0.25, 0.3) is 0 Å². The Morgan fingerprint density at radius 3 is 2.32 bits per heavy atom. The highest BCUT2D eigenvalue weighted by Gasteiger charge is 2.28. The fraction of sp³-hybridized carbons (Fsp3) is 0.278. The molecule has 1 aliphatic rings. The van der Waals surface area contributed by atoms with E-state index < -0.39 is 39.5 Å². The molecule has 1 saturated heterocycles. The minimum absolute atomic E-state index is 0.00440. The van der Waals surface area contributed by atoms with Crippen molar-refractivity contribution >= 4 is 16.0 Å². The predicted molar refractivity (Wildman–Crippen MR) is 93.4 cm³/mol. The number of nitrogens with zero attached hydrogens (tertiary/aromatic N) is 1. The van der Waals surface area contributed by atoms with Crippen LogP contribution in [-0.2, 0) is 19.6 Å². The number of hydrogen-bond donors (Lipinski definition) is 1. The Kier molecular flexibility index (Phi) is 5.92. The molecule has 2 aromatic rings. The quantitative estimate of drug-likeness (QED) is 0.781. The third-order valence-electron chi connectivity index (χ3n) is 4.15. The molecule has 0 bridgehead atoms. The van der Waals surface area contributed by atoms with E-state index in [4.69, 9.17) is 9.47 Å². The lowest BCUT2D eigenvalue weighted by atomic mass is 10.1. The third-order valence-corrected chi connectivity index (χ3v) is 6.07. The number of carboxylic acids is 1. The second kappa shape index (κ2) is 8.21. The van der Waals surface area contributed by atoms with Crippen molar-refractivity contribution in [2.24, 2.45) is 0 Å². The van der Waals surface area contributed by atoms with E-state index in [0.29, 0.717) is 19.3 Å². The van der Waals surface area contributed by atoms with Crippen LogP contribution in [0.1, 0.15) is 11.7 Å². The average molecular weight is 413 g/mol. The summed E-state index contributed by atoms with van der Waals surface area (Å²) >= 11 is 0. The first-order valence-electron chi connectivity index (χ1n) is 8.31. The van der Waals surface area contributed by atoms with E-state index in [9.17, 15) is 27.1 Å². The SMILES string of the molecule is O=C(O)C(Oc1ccc(F)cc1F)c1ccc(S(=O)(=O)N2CCOCC2)cc1. The summed E-state index contributed by atoms with van der Waals surface area (Å²) in [5, 5.41) is 9.40. The van der Waals surface area contributed by atoms with Crippen LogP contribution in [0.15, 0.2) is 47.4 Å². The zero-order chi connectivity index (χ0) is 20.3. The van der Waals surface area contributed by atoms with Crippen molar-refractivity contribution in [2.45, 2.75) is 11.0 Å². The first-order valence-corrected chi connectivity index (χ1v) is 9.75. The minimum Gasteiger partial charge on any atom is -0.478 e. The molecule has 0 saturated carbocycles. The van der Waals surface area contributed by atoms with Crippen LogP contribution in [0.5, 0.6) is 5.75 Å². The Bertz CT molecular complexity index is 959. The van der Waals surface area contributed by atoms with Crippen molar-refractivity contribution in [1.82, 2.24) is 4.31 Å². The third kappa shape index (κ3) is 4.29. The summed E-state index contributed by atoms with van der Waals surface area (Å²) < 4.78 is 63.6. The molecular formula is C18H17F2NO6S. The molecule has 1 fully saturated rings. The number of sulfonamides is 1. The highest BCUT2D eigenvalue weighted by molar-refractivity contribution is 7.89. The lowest BCUT2D eigenvalue weighted by Gasteiger charge is -2.26. The van der Waals surface area contributed by atoms with E-state index in [-0.39, 0.29) is 23.5 Å². The van der Waals surface area contributed by atoms with E-state index in [1.54, 1.807) is 0 Å². The van der Waals surface area contributed by atoms with Crippen LogP contribution in [0.3, 0.4) is 0 Å². The molecule has 0 aromatic heterocycles. The second-order valence-electron chi connectivity index (χ2n) is 6.00. The van der Waals surface area contributed by atoms with Gasteiger partial charge in [-0.25, -0.2) is 22.0 Å². The van der Waals surface area contributed by atoms with Crippen molar-refractivity contribution in [1.29, 1.82) is 0 Å². The van der Waals surface area contributed by atoms with Gasteiger partial charge >= 0.3 is 5.97 Å². The van der Waals surface area contributed by atoms with Gasteiger partial charge in [-0.15, -0.1) is 0 Å². The molecule has 1 aliphatic heterocycles. The van der Waals surface area contributed by atoms with Gasteiger partial charge in [0.1, 0.15) is 5.82 Å². The first-order chi connectivity index (χ1) is 13.3. The predicted octanol–water partition coefficient (Wildman–Crippen LogP) is 2.19. The van der Waals surface area contributed by atoms with Gasteiger partial charge in [0, 0.05) is 24.7 Å². The minimum atomic E-state index is -3.73. The van der Waals surface area contributed by atoms with Crippen LogP contribution in [-0.4, -0.2) is 50.1 Å². The number of carboxylic acid groups (broad SMARTS) is 1. The van der Waals surface area contributed by atoms with Crippen LogP contribution in [0.25, 0.3) is 0 Å². The normalized spacial score (nSPS) is 16.5. The zero-order valence-corrected chi connectivity index (χ0v) is 15.4. The number of hydrogen-bond acceptors (Lipinski definition) is 5. The lowest BCUT2D eigenvalue weighted by Crippen LogP contribution is -2.40. The zero-order valence-electron chi connectivity index (χ0n) is 14.5. The summed E-state index contributed by atoms with van der Waals surface area (Å²) in [7, 11) is -3.73. The van der Waals surface area contributed by atoms with Crippen LogP contribution in [0.4, 0.5) is 8.78 Å². The molecule has 0 amide bonds. The average Bonchev–Trinajstić information content (AvgIpc) is 2.68. The number of rotatable bonds is 6. The maximum atomic E-state index is 13.8. The van der Waals surface area contributed by atoms with Crippen molar-refractivity contribution in [3.05, 3.63) is 59.7 Å². The molecule has 3 rings (SSSR count). The molecule has 1 N–H and O–H groups in total. The topological polar surface area (TPSA) is 93.1 Å². The Morgan fingerprint density at radius 1 is 1.11 bits per heavy atom. The lowest BCUT2D eigenvalue weighted by molar-refractivity contribution is -0.145. The Morgan fingerprint density at radius 2 is 1.75 bits per heavy atom. The van der Waals surface area contributed by atoms with E-state index in [2.05, 4.69) is 0 Å². The summed E-state index contributed by atoms with van der Waals surface area (Å²) in [6, 6.07) is 7.60. The van der Waals surface area contributed by atoms with E-state index in [1.807, 2.05) is 0 Å². The fourth-order valence-corrected chi connectivity index (χ4v) is 4.12. The first kappa shape index (κ1) is 20.2. The van der Waals surface area contributed by atoms with Crippen molar-refractivity contribution in [2.75, 3.05) is 26.3 Å². The molecule has 150 valence electrons. The molecule has 1 unspecified atom stereocenters. The van der Waals surface area contributed by atoms with E-state index in [1.165, 1.54) is 28.6 Å². The molecule has 7 nitrogen and oxygen atoms in total. The van der Waals surface area contributed by atoms with Gasteiger partial charge in [0.05, 0.1) is 18.1 Å². The summed E-state index contributed by atoms with van der Waals surface area (Å²) in [4.78, 5) is 11.5. The molecule has 1 atom stereocenters. The summed E-state index contributed by atoms with van der Waals surface area (Å²) in [6.45, 7) is 1.06. The van der Waals surface area contributed by atoms with Crippen molar-refractivity contribution in [3.8, 4) is 5.75 Å². The highest BCUT2D eigenvalue weighted by atomic mass is 32.2. The Labute approximate surface area is 160 Å². The van der Waals surface area contributed by atoms with Crippen LogP contribution in [0, 0.1) is 11.6 Å². The molecule has 2 aromatic carbocycles. The van der Waals surface area contributed by atoms with Crippen LogP contribution < -0.4 is 4.74 Å². The van der Waals surface area contributed by atoms with Gasteiger partial charge in [0.15, 0.2) is 11.6 Å². The van der Waals surface area contributed by atoms with Crippen molar-refractivity contribution in [3.63, 3.8) is 0 Å². The van der Waals surface area contributed by atoms with Gasteiger partial charge in [-0.2, -0.15) is 4.31 Å². The molecule has 1 heterocycles. The monoisotopic (exact) mass is 413 g/mol. The molecule has 0 spiro atoms. The number of halogens is 2. The number of ether oxygens (including phenoxy) is 2. The van der Waals surface area contributed by atoms with Gasteiger partial charge in [0.2, 0.25) is 16.1 Å². The smallest absolute Gasteiger partial charge is 0.349 e. The summed E-state index contributed by atoms with van der Waals surface area (Å²) in [5.74, 6) is -3.71. The van der Waals surface area contributed by atoms with Crippen LogP contribution in [0.2, 0.25) is 0 Å². The second-order valence-corrected chi connectivity index (χ2v) is 7.93. The van der Waals surface area contributed by atoms with E-state index in [0.717, 1.165) is 12.1 Å². The molecule has 28 heavy (non-hydrogen) atoms. The van der Waals surface area contributed by atoms with E-state index >= 15 is 0 Å². The Balaban J connectivity index is 1.84. The van der Waals surface area contributed by atoms with Gasteiger partial charge in [-0.3, -0.25) is 0 Å². The molecule has 10 heteroatoms. The summed E-state index contributed by atoms with van der Waals surface area (Å²) in [5.41, 5.74) is 0.108. The number of morpholine rings is 1. The molecule has 0 aliphatic carbocycles. The van der Waals surface area contributed by atoms with Crippen LogP contribution >= 0.6 is 0 Å². The Hall–Kier alpha value is -2.56. The van der Waals surface area contributed by atoms with Gasteiger partial charge in [-0.1, -0.05) is 12.1 Å².